The van der Waals surface area contributed by atoms with Gasteiger partial charge in [0, 0.05) is 19.8 Å². The standard InChI is InChI=1S/C13H31NO3Si/c1-5-9-10-11-12-14-13-18(15-6-2,16-7-3)17-8-4/h14H,5-13H2,1-4H3. The Morgan fingerprint density at radius 3 is 1.78 bits per heavy atom. The van der Waals surface area contributed by atoms with Gasteiger partial charge in [-0.1, -0.05) is 26.2 Å². The van der Waals surface area contributed by atoms with Crippen LogP contribution in [0.15, 0.2) is 0 Å². The van der Waals surface area contributed by atoms with Crippen molar-refractivity contribution in [1.82, 2.24) is 5.32 Å². The predicted octanol–water partition coefficient (Wildman–Crippen LogP) is 2.74. The van der Waals surface area contributed by atoms with Crippen LogP contribution in [-0.2, 0) is 13.3 Å². The van der Waals surface area contributed by atoms with E-state index in [9.17, 15) is 0 Å². The first-order valence-electron chi connectivity index (χ1n) is 7.37. The highest BCUT2D eigenvalue weighted by molar-refractivity contribution is 6.60. The molecule has 0 aliphatic heterocycles. The zero-order valence-corrected chi connectivity index (χ0v) is 13.6. The summed E-state index contributed by atoms with van der Waals surface area (Å²) in [5.74, 6) is 0. The van der Waals surface area contributed by atoms with Gasteiger partial charge < -0.3 is 18.6 Å². The Kier molecular flexibility index (Phi) is 12.1. The molecule has 0 fully saturated rings. The maximum Gasteiger partial charge on any atom is 0.515 e. The molecule has 0 heterocycles. The molecule has 110 valence electrons. The van der Waals surface area contributed by atoms with Crippen LogP contribution in [0.25, 0.3) is 0 Å². The quantitative estimate of drug-likeness (QED) is 0.415. The Bertz CT molecular complexity index is 165. The molecule has 1 N–H and O–H groups in total. The summed E-state index contributed by atoms with van der Waals surface area (Å²) < 4.78 is 17.3. The molecular formula is C13H31NO3Si. The Labute approximate surface area is 114 Å². The molecule has 0 radical (unpaired) electrons. The normalized spacial score (nSPS) is 12.0. The molecule has 0 amide bonds. The largest absolute Gasteiger partial charge is 0.515 e. The minimum absolute atomic E-state index is 0.643. The van der Waals surface area contributed by atoms with Crippen LogP contribution >= 0.6 is 0 Å². The van der Waals surface area contributed by atoms with Crippen LogP contribution in [0.2, 0.25) is 0 Å². The van der Waals surface area contributed by atoms with E-state index in [2.05, 4.69) is 12.2 Å². The second kappa shape index (κ2) is 12.1. The van der Waals surface area contributed by atoms with Gasteiger partial charge in [-0.15, -0.1) is 0 Å². The van der Waals surface area contributed by atoms with Crippen molar-refractivity contribution in [3.63, 3.8) is 0 Å². The number of hydrogen-bond donors (Lipinski definition) is 1. The maximum absolute atomic E-state index is 5.77. The molecule has 4 nitrogen and oxygen atoms in total. The fraction of sp³-hybridized carbons (Fsp3) is 1.00. The van der Waals surface area contributed by atoms with E-state index < -0.39 is 8.80 Å². The van der Waals surface area contributed by atoms with Crippen LogP contribution in [0.3, 0.4) is 0 Å². The third-order valence-corrected chi connectivity index (χ3v) is 5.51. The minimum atomic E-state index is -2.48. The average molecular weight is 277 g/mol. The molecule has 0 rings (SSSR count). The molecule has 0 bridgehead atoms. The zero-order chi connectivity index (χ0) is 13.7. The molecule has 0 aromatic heterocycles. The lowest BCUT2D eigenvalue weighted by molar-refractivity contribution is 0.0701. The predicted molar refractivity (Wildman–Crippen MR) is 77.6 cm³/mol. The van der Waals surface area contributed by atoms with E-state index in [0.29, 0.717) is 26.0 Å². The second-order valence-electron chi connectivity index (χ2n) is 4.22. The Hall–Kier alpha value is 0.0569. The van der Waals surface area contributed by atoms with Crippen LogP contribution in [0, 0.1) is 0 Å². The molecule has 0 saturated carbocycles. The number of unbranched alkanes of at least 4 members (excludes halogenated alkanes) is 3. The van der Waals surface area contributed by atoms with Crippen molar-refractivity contribution in [2.24, 2.45) is 0 Å². The van der Waals surface area contributed by atoms with Gasteiger partial charge in [-0.05, 0) is 33.7 Å². The first kappa shape index (κ1) is 18.1. The third-order valence-electron chi connectivity index (χ3n) is 2.64. The number of rotatable bonds is 13. The molecule has 0 aliphatic rings. The van der Waals surface area contributed by atoms with E-state index in [1.54, 1.807) is 0 Å². The zero-order valence-electron chi connectivity index (χ0n) is 12.6. The fourth-order valence-corrected chi connectivity index (χ4v) is 4.21. The fourth-order valence-electron chi connectivity index (χ4n) is 1.86. The Morgan fingerprint density at radius 1 is 0.778 bits per heavy atom. The Morgan fingerprint density at radius 2 is 1.33 bits per heavy atom. The lowest BCUT2D eigenvalue weighted by Crippen LogP contribution is -2.54. The van der Waals surface area contributed by atoms with Gasteiger partial charge in [0.1, 0.15) is 0 Å². The lowest BCUT2D eigenvalue weighted by Gasteiger charge is -2.28. The highest BCUT2D eigenvalue weighted by atomic mass is 28.4. The van der Waals surface area contributed by atoms with Crippen molar-refractivity contribution in [3.8, 4) is 0 Å². The van der Waals surface area contributed by atoms with E-state index >= 15 is 0 Å². The molecule has 0 spiro atoms. The summed E-state index contributed by atoms with van der Waals surface area (Å²) in [6.07, 6.45) is 5.80. The van der Waals surface area contributed by atoms with E-state index in [0.717, 1.165) is 6.54 Å². The van der Waals surface area contributed by atoms with Crippen molar-refractivity contribution in [2.75, 3.05) is 32.5 Å². The summed E-state index contributed by atoms with van der Waals surface area (Å²) >= 11 is 0. The average Bonchev–Trinajstić information content (AvgIpc) is 2.35. The van der Waals surface area contributed by atoms with Crippen molar-refractivity contribution in [1.29, 1.82) is 0 Å². The summed E-state index contributed by atoms with van der Waals surface area (Å²) in [6.45, 7) is 11.1. The molecular weight excluding hydrogens is 246 g/mol. The van der Waals surface area contributed by atoms with Crippen LogP contribution in [0.1, 0.15) is 53.4 Å². The van der Waals surface area contributed by atoms with Crippen molar-refractivity contribution in [2.45, 2.75) is 53.4 Å². The summed E-state index contributed by atoms with van der Waals surface area (Å²) in [7, 11) is -2.48. The summed E-state index contributed by atoms with van der Waals surface area (Å²) in [5.41, 5.74) is 0. The molecule has 0 atom stereocenters. The van der Waals surface area contributed by atoms with Crippen LogP contribution in [-0.4, -0.2) is 41.3 Å². The molecule has 18 heavy (non-hydrogen) atoms. The van der Waals surface area contributed by atoms with Gasteiger partial charge in [0.25, 0.3) is 0 Å². The Balaban J connectivity index is 3.97. The molecule has 0 unspecified atom stereocenters. The van der Waals surface area contributed by atoms with Gasteiger partial charge in [-0.25, -0.2) is 0 Å². The van der Waals surface area contributed by atoms with Gasteiger partial charge in [0.05, 0.1) is 6.17 Å². The van der Waals surface area contributed by atoms with Crippen molar-refractivity contribution < 1.29 is 13.3 Å². The van der Waals surface area contributed by atoms with Gasteiger partial charge in [-0.3, -0.25) is 0 Å². The molecule has 0 saturated heterocycles. The summed E-state index contributed by atoms with van der Waals surface area (Å²) in [4.78, 5) is 0. The van der Waals surface area contributed by atoms with Crippen molar-refractivity contribution in [3.05, 3.63) is 0 Å². The van der Waals surface area contributed by atoms with E-state index in [1.807, 2.05) is 20.8 Å². The van der Waals surface area contributed by atoms with Gasteiger partial charge in [0.15, 0.2) is 0 Å². The first-order chi connectivity index (χ1) is 8.74. The van der Waals surface area contributed by atoms with E-state index in [4.69, 9.17) is 13.3 Å². The summed E-state index contributed by atoms with van der Waals surface area (Å²) in [6, 6.07) is 0. The minimum Gasteiger partial charge on any atom is -0.373 e. The lowest BCUT2D eigenvalue weighted by atomic mass is 10.2. The van der Waals surface area contributed by atoms with Crippen LogP contribution in [0.5, 0.6) is 0 Å². The van der Waals surface area contributed by atoms with Crippen LogP contribution < -0.4 is 5.32 Å². The molecule has 0 aliphatic carbocycles. The molecule has 5 heteroatoms. The van der Waals surface area contributed by atoms with E-state index in [-0.39, 0.29) is 0 Å². The van der Waals surface area contributed by atoms with Crippen LogP contribution in [0.4, 0.5) is 0 Å². The topological polar surface area (TPSA) is 39.7 Å². The highest BCUT2D eigenvalue weighted by Gasteiger charge is 2.39. The monoisotopic (exact) mass is 277 g/mol. The third kappa shape index (κ3) is 8.21. The smallest absolute Gasteiger partial charge is 0.373 e. The first-order valence-corrected chi connectivity index (χ1v) is 9.30. The SMILES string of the molecule is CCCCCCNC[Si](OCC)(OCC)OCC. The second-order valence-corrected chi connectivity index (χ2v) is 6.81. The maximum atomic E-state index is 5.77. The highest BCUT2D eigenvalue weighted by Crippen LogP contribution is 2.09. The van der Waals surface area contributed by atoms with E-state index in [1.165, 1.54) is 25.7 Å². The summed E-state index contributed by atoms with van der Waals surface area (Å²) in [5, 5.41) is 3.43. The number of nitrogens with one attached hydrogen (secondary N) is 1. The van der Waals surface area contributed by atoms with Gasteiger partial charge in [0.2, 0.25) is 0 Å². The molecule has 0 aromatic rings. The van der Waals surface area contributed by atoms with Gasteiger partial charge in [-0.2, -0.15) is 0 Å². The molecule has 0 aromatic carbocycles. The number of hydrogen-bond acceptors (Lipinski definition) is 4. The van der Waals surface area contributed by atoms with Gasteiger partial charge >= 0.3 is 8.80 Å². The van der Waals surface area contributed by atoms with Crippen molar-refractivity contribution >= 4 is 8.80 Å².